The van der Waals surface area contributed by atoms with Crippen LogP contribution in [0.4, 0.5) is 0 Å². The Balaban J connectivity index is 0.00000289. The summed E-state index contributed by atoms with van der Waals surface area (Å²) in [6.45, 7) is 0. The van der Waals surface area contributed by atoms with Crippen LogP contribution in [0.2, 0.25) is 0 Å². The molecule has 0 amide bonds. The first-order chi connectivity index (χ1) is 7.73. The fourth-order valence-corrected chi connectivity index (χ4v) is 1.88. The Hall–Kier alpha value is -0.440. The molecule has 0 saturated heterocycles. The molecular weight excluding hydrogens is 269 g/mol. The summed E-state index contributed by atoms with van der Waals surface area (Å²) in [5, 5.41) is 20.0. The second-order valence-electron chi connectivity index (χ2n) is 3.63. The molecule has 0 bridgehead atoms. The molecule has 2 unspecified atom stereocenters. The molecule has 2 atom stereocenters. The largest absolute Gasteiger partial charge is 1.00 e. The van der Waals surface area contributed by atoms with Crippen molar-refractivity contribution in [3.05, 3.63) is 29.8 Å². The van der Waals surface area contributed by atoms with Crippen molar-refractivity contribution in [2.45, 2.75) is 17.0 Å². The van der Waals surface area contributed by atoms with E-state index >= 15 is 0 Å². The number of hydrogen-bond donors (Lipinski definition) is 2. The second-order valence-corrected chi connectivity index (χ2v) is 5.65. The third-order valence-corrected chi connectivity index (χ3v) is 3.39. The van der Waals surface area contributed by atoms with E-state index < -0.39 is 28.0 Å². The van der Waals surface area contributed by atoms with Gasteiger partial charge in [-0.15, -0.1) is 0 Å². The standard InChI is InChI=1S/C10H13NO5S.Na/c1-17(15,16)7-4-2-6(3-5-7)9(12)8(11)10(13)14;/h2-5,8-9,12H,11H2,1H3,(H,13,14);/q;+1/p-1. The van der Waals surface area contributed by atoms with Crippen molar-refractivity contribution >= 4 is 15.8 Å². The Bertz CT molecular complexity index is 514. The first-order valence-electron chi connectivity index (χ1n) is 4.68. The van der Waals surface area contributed by atoms with Crippen LogP contribution in [-0.4, -0.2) is 31.8 Å². The maximum Gasteiger partial charge on any atom is 1.00 e. The summed E-state index contributed by atoms with van der Waals surface area (Å²) in [4.78, 5) is 10.5. The molecule has 0 radical (unpaired) electrons. The van der Waals surface area contributed by atoms with E-state index in [1.54, 1.807) is 0 Å². The third kappa shape index (κ3) is 4.34. The second kappa shape index (κ2) is 6.65. The number of benzene rings is 1. The minimum atomic E-state index is -3.32. The average Bonchev–Trinajstić information content (AvgIpc) is 2.26. The molecule has 0 saturated carbocycles. The molecule has 0 aromatic heterocycles. The van der Waals surface area contributed by atoms with Gasteiger partial charge in [-0.2, -0.15) is 0 Å². The number of carbonyl (C=O) groups excluding carboxylic acids is 1. The van der Waals surface area contributed by atoms with Gasteiger partial charge in [0.25, 0.3) is 0 Å². The van der Waals surface area contributed by atoms with Gasteiger partial charge in [-0.05, 0) is 17.7 Å². The van der Waals surface area contributed by atoms with Crippen LogP contribution in [0.25, 0.3) is 0 Å². The van der Waals surface area contributed by atoms with Crippen molar-refractivity contribution in [1.82, 2.24) is 0 Å². The summed E-state index contributed by atoms with van der Waals surface area (Å²) < 4.78 is 22.3. The van der Waals surface area contributed by atoms with Gasteiger partial charge in [0, 0.05) is 6.26 Å². The number of sulfone groups is 1. The number of carboxylic acid groups (broad SMARTS) is 1. The average molecular weight is 281 g/mol. The van der Waals surface area contributed by atoms with Gasteiger partial charge in [0.2, 0.25) is 0 Å². The number of carbonyl (C=O) groups is 1. The third-order valence-electron chi connectivity index (χ3n) is 2.26. The Kier molecular flexibility index (Phi) is 6.48. The zero-order valence-corrected chi connectivity index (χ0v) is 12.8. The first-order valence-corrected chi connectivity index (χ1v) is 6.57. The Morgan fingerprint density at radius 1 is 1.33 bits per heavy atom. The summed E-state index contributed by atoms with van der Waals surface area (Å²) in [7, 11) is -3.32. The molecule has 1 rings (SSSR count). The molecule has 0 aliphatic heterocycles. The van der Waals surface area contributed by atoms with Gasteiger partial charge in [0.15, 0.2) is 9.84 Å². The first kappa shape index (κ1) is 17.6. The molecule has 6 nitrogen and oxygen atoms in total. The van der Waals surface area contributed by atoms with E-state index in [2.05, 4.69) is 0 Å². The molecule has 1 aromatic rings. The monoisotopic (exact) mass is 281 g/mol. The molecule has 3 N–H and O–H groups in total. The van der Waals surface area contributed by atoms with Crippen molar-refractivity contribution in [3.8, 4) is 0 Å². The maximum absolute atomic E-state index is 11.2. The van der Waals surface area contributed by atoms with Crippen LogP contribution < -0.4 is 40.4 Å². The van der Waals surface area contributed by atoms with Crippen LogP contribution in [0.3, 0.4) is 0 Å². The predicted octanol–water partition coefficient (Wildman–Crippen LogP) is -4.80. The summed E-state index contributed by atoms with van der Waals surface area (Å²) in [5.41, 5.74) is 5.40. The van der Waals surface area contributed by atoms with Gasteiger partial charge < -0.3 is 20.7 Å². The van der Waals surface area contributed by atoms with Crippen LogP contribution in [-0.2, 0) is 14.6 Å². The van der Waals surface area contributed by atoms with E-state index in [1.165, 1.54) is 24.3 Å². The van der Waals surface area contributed by atoms with E-state index in [0.717, 1.165) is 6.26 Å². The zero-order chi connectivity index (χ0) is 13.2. The van der Waals surface area contributed by atoms with Crippen LogP contribution >= 0.6 is 0 Å². The number of rotatable bonds is 4. The number of aliphatic hydroxyl groups excluding tert-OH is 1. The fourth-order valence-electron chi connectivity index (χ4n) is 1.25. The van der Waals surface area contributed by atoms with Crippen molar-refractivity contribution in [2.75, 3.05) is 6.26 Å². The SMILES string of the molecule is CS(=O)(=O)c1ccc(C(O)C(N)C(=O)[O-])cc1.[Na+]. The molecule has 18 heavy (non-hydrogen) atoms. The topological polar surface area (TPSA) is 121 Å². The zero-order valence-electron chi connectivity index (χ0n) is 10.0. The van der Waals surface area contributed by atoms with E-state index in [0.29, 0.717) is 0 Å². The van der Waals surface area contributed by atoms with Gasteiger partial charge >= 0.3 is 29.6 Å². The van der Waals surface area contributed by atoms with Crippen LogP contribution in [0.15, 0.2) is 29.2 Å². The number of aliphatic hydroxyl groups is 1. The van der Waals surface area contributed by atoms with Gasteiger partial charge in [-0.3, -0.25) is 0 Å². The molecule has 0 spiro atoms. The molecule has 8 heteroatoms. The number of carboxylic acids is 1. The van der Waals surface area contributed by atoms with Crippen molar-refractivity contribution in [1.29, 1.82) is 0 Å². The van der Waals surface area contributed by atoms with Crippen molar-refractivity contribution in [2.24, 2.45) is 5.73 Å². The minimum Gasteiger partial charge on any atom is -0.548 e. The van der Waals surface area contributed by atoms with Crippen LogP contribution in [0.5, 0.6) is 0 Å². The van der Waals surface area contributed by atoms with Gasteiger partial charge in [-0.25, -0.2) is 8.42 Å². The Morgan fingerprint density at radius 2 is 1.78 bits per heavy atom. The quantitative estimate of drug-likeness (QED) is 0.534. The smallest absolute Gasteiger partial charge is 0.548 e. The number of nitrogens with two attached hydrogens (primary N) is 1. The van der Waals surface area contributed by atoms with Crippen LogP contribution in [0, 0.1) is 0 Å². The summed E-state index contributed by atoms with van der Waals surface area (Å²) >= 11 is 0. The van der Waals surface area contributed by atoms with Gasteiger partial charge in [-0.1, -0.05) is 12.1 Å². The molecule has 0 fully saturated rings. The molecule has 0 aliphatic rings. The Morgan fingerprint density at radius 3 is 2.11 bits per heavy atom. The van der Waals surface area contributed by atoms with Gasteiger partial charge in [0.1, 0.15) is 0 Å². The number of hydrogen-bond acceptors (Lipinski definition) is 6. The summed E-state index contributed by atoms with van der Waals surface area (Å²) in [5.74, 6) is -1.58. The molecule has 1 aromatic carbocycles. The van der Waals surface area contributed by atoms with Crippen LogP contribution in [0.1, 0.15) is 11.7 Å². The summed E-state index contributed by atoms with van der Waals surface area (Å²) in [6.07, 6.45) is -0.390. The van der Waals surface area contributed by atoms with Gasteiger partial charge in [0.05, 0.1) is 23.0 Å². The normalized spacial score (nSPS) is 14.4. The maximum atomic E-state index is 11.2. The Labute approximate surface area is 127 Å². The summed E-state index contributed by atoms with van der Waals surface area (Å²) in [6, 6.07) is 3.61. The molecular formula is C10H12NNaO5S. The van der Waals surface area contributed by atoms with E-state index in [9.17, 15) is 23.4 Å². The number of aliphatic carboxylic acids is 1. The predicted molar refractivity (Wildman–Crippen MR) is 57.5 cm³/mol. The minimum absolute atomic E-state index is 0. The van der Waals surface area contributed by atoms with Crippen molar-refractivity contribution < 1.29 is 53.0 Å². The van der Waals surface area contributed by atoms with E-state index in [1.807, 2.05) is 0 Å². The molecule has 0 aliphatic carbocycles. The van der Waals surface area contributed by atoms with E-state index in [-0.39, 0.29) is 40.0 Å². The molecule has 0 heterocycles. The molecule has 94 valence electrons. The fraction of sp³-hybridized carbons (Fsp3) is 0.300. The van der Waals surface area contributed by atoms with E-state index in [4.69, 9.17) is 5.73 Å². The van der Waals surface area contributed by atoms with Crippen molar-refractivity contribution in [3.63, 3.8) is 0 Å².